The Morgan fingerprint density at radius 3 is 2.49 bits per heavy atom. The number of nitrogens with zero attached hydrogens (tertiary/aromatic N) is 2. The number of rotatable bonds is 4. The summed E-state index contributed by atoms with van der Waals surface area (Å²) in [4.78, 5) is 29.4. The van der Waals surface area contributed by atoms with E-state index in [4.69, 9.17) is 32.7 Å². The van der Waals surface area contributed by atoms with E-state index in [1.165, 1.54) is 0 Å². The molecule has 0 N–H and O–H groups in total. The van der Waals surface area contributed by atoms with Crippen molar-refractivity contribution in [1.29, 1.82) is 0 Å². The number of hydrogen-bond donors (Lipinski definition) is 0. The number of anilines is 1. The van der Waals surface area contributed by atoms with Gasteiger partial charge in [-0.2, -0.15) is 0 Å². The van der Waals surface area contributed by atoms with Gasteiger partial charge in [0.25, 0.3) is 5.91 Å². The van der Waals surface area contributed by atoms with Gasteiger partial charge in [0.1, 0.15) is 11.3 Å². The molecule has 0 bridgehead atoms. The van der Waals surface area contributed by atoms with Crippen LogP contribution in [-0.4, -0.2) is 47.4 Å². The first-order valence-corrected chi connectivity index (χ1v) is 12.7. The molecule has 2 heterocycles. The van der Waals surface area contributed by atoms with E-state index in [-0.39, 0.29) is 18.0 Å². The molecule has 0 aliphatic carbocycles. The largest absolute Gasteiger partial charge is 0.444 e. The van der Waals surface area contributed by atoms with Gasteiger partial charge in [-0.25, -0.2) is 4.79 Å². The second-order valence-electron chi connectivity index (χ2n) is 10.6. The Hall–Kier alpha value is -2.28. The average molecular weight is 519 g/mol. The minimum Gasteiger partial charge on any atom is -0.444 e. The third kappa shape index (κ3) is 5.45. The molecule has 2 aliphatic rings. The summed E-state index contributed by atoms with van der Waals surface area (Å²) < 4.78 is 11.5. The molecule has 6 nitrogen and oxygen atoms in total. The number of benzene rings is 2. The van der Waals surface area contributed by atoms with Crippen molar-refractivity contribution in [3.8, 4) is 0 Å². The zero-order chi connectivity index (χ0) is 25.5. The van der Waals surface area contributed by atoms with Crippen LogP contribution in [0.4, 0.5) is 10.5 Å². The van der Waals surface area contributed by atoms with Crippen molar-refractivity contribution < 1.29 is 19.1 Å². The fraction of sp³-hybridized carbons (Fsp3) is 0.481. The second-order valence-corrected chi connectivity index (χ2v) is 11.3. The van der Waals surface area contributed by atoms with Crippen molar-refractivity contribution in [2.24, 2.45) is 0 Å². The number of amides is 2. The van der Waals surface area contributed by atoms with Gasteiger partial charge in [0.2, 0.25) is 0 Å². The summed E-state index contributed by atoms with van der Waals surface area (Å²) in [6.45, 7) is 10.4. The first-order valence-electron chi connectivity index (χ1n) is 11.9. The monoisotopic (exact) mass is 518 g/mol. The topological polar surface area (TPSA) is 59.1 Å². The molecule has 0 aromatic heterocycles. The number of hydrogen-bond acceptors (Lipinski definition) is 4. The lowest BCUT2D eigenvalue weighted by atomic mass is 9.98. The van der Waals surface area contributed by atoms with E-state index in [2.05, 4.69) is 0 Å². The van der Waals surface area contributed by atoms with Gasteiger partial charge in [0.15, 0.2) is 0 Å². The Labute approximate surface area is 217 Å². The summed E-state index contributed by atoms with van der Waals surface area (Å²) in [7, 11) is 0. The number of ether oxygens (including phenoxy) is 2. The average Bonchev–Trinajstić information content (AvgIpc) is 3.08. The Morgan fingerprint density at radius 1 is 1.14 bits per heavy atom. The van der Waals surface area contributed by atoms with Crippen LogP contribution in [0.1, 0.15) is 62.5 Å². The van der Waals surface area contributed by atoms with E-state index in [9.17, 15) is 9.59 Å². The molecule has 4 rings (SSSR count). The van der Waals surface area contributed by atoms with E-state index in [1.54, 1.807) is 21.9 Å². The summed E-state index contributed by atoms with van der Waals surface area (Å²) >= 11 is 12.4. The smallest absolute Gasteiger partial charge is 0.412 e. The molecule has 1 saturated heterocycles. The van der Waals surface area contributed by atoms with E-state index >= 15 is 0 Å². The van der Waals surface area contributed by atoms with Crippen molar-refractivity contribution in [3.05, 3.63) is 63.1 Å². The van der Waals surface area contributed by atoms with Gasteiger partial charge >= 0.3 is 6.09 Å². The zero-order valence-corrected chi connectivity index (χ0v) is 22.4. The molecule has 0 saturated carbocycles. The molecule has 1 atom stereocenters. The number of carbonyl (C=O) groups excluding carboxylic acids is 2. The SMILES string of the molecule is CC(C)(C)OC(=O)N1[C@@H](CCc2ccc(N3CCc4c(ccc(Cl)c4Cl)C3=O)cc2)COC1(C)C. The van der Waals surface area contributed by atoms with Crippen molar-refractivity contribution in [2.45, 2.75) is 71.2 Å². The van der Waals surface area contributed by atoms with Crippen LogP contribution in [0.3, 0.4) is 0 Å². The maximum Gasteiger partial charge on any atom is 0.412 e. The first-order chi connectivity index (χ1) is 16.4. The van der Waals surface area contributed by atoms with Crippen LogP contribution in [0.25, 0.3) is 0 Å². The molecule has 0 spiro atoms. The predicted molar refractivity (Wildman–Crippen MR) is 138 cm³/mol. The maximum absolute atomic E-state index is 13.1. The fourth-order valence-electron chi connectivity index (χ4n) is 4.71. The molecule has 1 fully saturated rings. The van der Waals surface area contributed by atoms with Crippen molar-refractivity contribution in [1.82, 2.24) is 4.90 Å². The highest BCUT2D eigenvalue weighted by Crippen LogP contribution is 2.34. The number of carbonyl (C=O) groups is 2. The van der Waals surface area contributed by atoms with Crippen LogP contribution in [0.2, 0.25) is 10.0 Å². The molecule has 188 valence electrons. The lowest BCUT2D eigenvalue weighted by Gasteiger charge is -2.35. The van der Waals surface area contributed by atoms with Gasteiger partial charge in [0.05, 0.1) is 22.7 Å². The molecule has 2 aromatic rings. The van der Waals surface area contributed by atoms with Gasteiger partial charge in [0, 0.05) is 17.8 Å². The Balaban J connectivity index is 1.42. The summed E-state index contributed by atoms with van der Waals surface area (Å²) in [6, 6.07) is 11.3. The number of halogens is 2. The van der Waals surface area contributed by atoms with Crippen LogP contribution in [0.15, 0.2) is 36.4 Å². The van der Waals surface area contributed by atoms with Crippen molar-refractivity contribution >= 4 is 40.9 Å². The standard InChI is InChI=1S/C27H32Cl2N2O4/c1-26(2,3)35-25(33)31-19(16-34-27(31,4)5)11-8-17-6-9-18(10-7-17)30-15-14-20-21(24(30)32)12-13-22(28)23(20)29/h6-7,9-10,12-13,19H,8,11,14-16H2,1-5H3/t19-/m0/s1. The van der Waals surface area contributed by atoms with Crippen molar-refractivity contribution in [3.63, 3.8) is 0 Å². The predicted octanol–water partition coefficient (Wildman–Crippen LogP) is 6.50. The molecular formula is C27H32Cl2N2O4. The van der Waals surface area contributed by atoms with Crippen LogP contribution in [0.5, 0.6) is 0 Å². The highest BCUT2D eigenvalue weighted by Gasteiger charge is 2.45. The first kappa shape index (κ1) is 25.8. The van der Waals surface area contributed by atoms with Gasteiger partial charge in [-0.1, -0.05) is 35.3 Å². The highest BCUT2D eigenvalue weighted by molar-refractivity contribution is 6.43. The van der Waals surface area contributed by atoms with Gasteiger partial charge in [-0.05, 0) is 89.3 Å². The third-order valence-electron chi connectivity index (χ3n) is 6.44. The van der Waals surface area contributed by atoms with E-state index in [1.807, 2.05) is 58.9 Å². The van der Waals surface area contributed by atoms with Gasteiger partial charge < -0.3 is 14.4 Å². The summed E-state index contributed by atoms with van der Waals surface area (Å²) in [6.07, 6.45) is 1.82. The number of aryl methyl sites for hydroxylation is 1. The van der Waals surface area contributed by atoms with Crippen LogP contribution < -0.4 is 4.90 Å². The highest BCUT2D eigenvalue weighted by atomic mass is 35.5. The third-order valence-corrected chi connectivity index (χ3v) is 7.28. The Kier molecular flexibility index (Phi) is 7.11. The Bertz CT molecular complexity index is 1130. The minimum atomic E-state index is -0.713. The molecule has 0 unspecified atom stereocenters. The molecule has 2 aliphatic heterocycles. The molecule has 8 heteroatoms. The Morgan fingerprint density at radius 2 is 1.83 bits per heavy atom. The van der Waals surface area contributed by atoms with Gasteiger partial charge in [-0.15, -0.1) is 0 Å². The molecule has 0 radical (unpaired) electrons. The summed E-state index contributed by atoms with van der Waals surface area (Å²) in [5.74, 6) is -0.0732. The minimum absolute atomic E-state index is 0.0729. The zero-order valence-electron chi connectivity index (χ0n) is 20.9. The maximum atomic E-state index is 13.1. The number of fused-ring (bicyclic) bond motifs is 1. The molecule has 35 heavy (non-hydrogen) atoms. The normalized spacial score (nSPS) is 19.6. The van der Waals surface area contributed by atoms with Crippen molar-refractivity contribution in [2.75, 3.05) is 18.1 Å². The molecular weight excluding hydrogens is 487 g/mol. The van der Waals surface area contributed by atoms with Crippen LogP contribution >= 0.6 is 23.2 Å². The summed E-state index contributed by atoms with van der Waals surface area (Å²) in [5.41, 5.74) is 2.10. The van der Waals surface area contributed by atoms with E-state index in [0.717, 1.165) is 29.7 Å². The lowest BCUT2D eigenvalue weighted by molar-refractivity contribution is -0.0626. The second kappa shape index (κ2) is 9.64. The van der Waals surface area contributed by atoms with E-state index < -0.39 is 11.3 Å². The fourth-order valence-corrected chi connectivity index (χ4v) is 5.14. The molecule has 2 amide bonds. The van der Waals surface area contributed by atoms with Gasteiger partial charge in [-0.3, -0.25) is 9.69 Å². The summed E-state index contributed by atoms with van der Waals surface area (Å²) in [5, 5.41) is 0.935. The van der Waals surface area contributed by atoms with E-state index in [0.29, 0.717) is 35.2 Å². The van der Waals surface area contributed by atoms with Crippen LogP contribution in [-0.2, 0) is 22.3 Å². The molecule has 2 aromatic carbocycles. The quantitative estimate of drug-likeness (QED) is 0.463. The lowest BCUT2D eigenvalue weighted by Crippen LogP contribution is -2.49. The van der Waals surface area contributed by atoms with Crippen LogP contribution in [0, 0.1) is 0 Å².